The zero-order chi connectivity index (χ0) is 18.4. The number of ether oxygens (including phenoxy) is 1. The van der Waals surface area contributed by atoms with E-state index in [4.69, 9.17) is 10.5 Å². The SMILES string of the molecule is COc1cccc(CN2CCN(Cc3cccc(CCN)c3)CC2=O)c1. The van der Waals surface area contributed by atoms with Gasteiger partial charge in [-0.3, -0.25) is 9.69 Å². The largest absolute Gasteiger partial charge is 0.497 e. The molecule has 1 aliphatic rings. The molecule has 0 atom stereocenters. The standard InChI is InChI=1S/C21H27N3O2/c1-26-20-7-3-6-19(13-20)15-24-11-10-23(16-21(24)25)14-18-5-2-4-17(12-18)8-9-22/h2-7,12-13H,8-11,14-16,22H2,1H3. The van der Waals surface area contributed by atoms with Crippen molar-refractivity contribution in [1.82, 2.24) is 9.80 Å². The Morgan fingerprint density at radius 1 is 1.00 bits per heavy atom. The number of rotatable bonds is 7. The number of hydrogen-bond acceptors (Lipinski definition) is 4. The summed E-state index contributed by atoms with van der Waals surface area (Å²) >= 11 is 0. The molecule has 1 saturated heterocycles. The van der Waals surface area contributed by atoms with Gasteiger partial charge in [0.25, 0.3) is 0 Å². The van der Waals surface area contributed by atoms with Gasteiger partial charge in [-0.2, -0.15) is 0 Å². The zero-order valence-corrected chi connectivity index (χ0v) is 15.4. The monoisotopic (exact) mass is 353 g/mol. The van der Waals surface area contributed by atoms with Crippen LogP contribution < -0.4 is 10.5 Å². The second-order valence-corrected chi connectivity index (χ2v) is 6.74. The average Bonchev–Trinajstić information content (AvgIpc) is 2.65. The molecule has 3 rings (SSSR count). The summed E-state index contributed by atoms with van der Waals surface area (Å²) in [5.74, 6) is 1.00. The normalized spacial score (nSPS) is 15.3. The summed E-state index contributed by atoms with van der Waals surface area (Å²) in [4.78, 5) is 16.7. The van der Waals surface area contributed by atoms with Crippen LogP contribution in [-0.4, -0.2) is 49.0 Å². The molecular weight excluding hydrogens is 326 g/mol. The molecule has 1 amide bonds. The minimum atomic E-state index is 0.178. The van der Waals surface area contributed by atoms with Crippen LogP contribution in [0.5, 0.6) is 5.75 Å². The van der Waals surface area contributed by atoms with Crippen molar-refractivity contribution in [2.24, 2.45) is 5.73 Å². The van der Waals surface area contributed by atoms with Gasteiger partial charge in [-0.1, -0.05) is 36.4 Å². The van der Waals surface area contributed by atoms with Gasteiger partial charge in [-0.25, -0.2) is 0 Å². The fraction of sp³-hybridized carbons (Fsp3) is 0.381. The Labute approximate surface area is 155 Å². The highest BCUT2D eigenvalue weighted by Gasteiger charge is 2.24. The van der Waals surface area contributed by atoms with E-state index in [1.54, 1.807) is 7.11 Å². The van der Waals surface area contributed by atoms with Crippen LogP contribution in [0.1, 0.15) is 16.7 Å². The van der Waals surface area contributed by atoms with E-state index in [2.05, 4.69) is 29.2 Å². The van der Waals surface area contributed by atoms with Crippen LogP contribution in [0.2, 0.25) is 0 Å². The second kappa shape index (κ2) is 8.83. The van der Waals surface area contributed by atoms with Crippen molar-refractivity contribution >= 4 is 5.91 Å². The molecule has 1 fully saturated rings. The third kappa shape index (κ3) is 4.84. The van der Waals surface area contributed by atoms with E-state index < -0.39 is 0 Å². The molecular formula is C21H27N3O2. The molecule has 0 saturated carbocycles. The fourth-order valence-corrected chi connectivity index (χ4v) is 3.36. The highest BCUT2D eigenvalue weighted by molar-refractivity contribution is 5.79. The lowest BCUT2D eigenvalue weighted by Crippen LogP contribution is -2.49. The predicted octanol–water partition coefficient (Wildman–Crippen LogP) is 2.04. The number of nitrogens with two attached hydrogens (primary N) is 1. The van der Waals surface area contributed by atoms with Crippen molar-refractivity contribution in [1.29, 1.82) is 0 Å². The maximum atomic E-state index is 12.6. The molecule has 0 unspecified atom stereocenters. The van der Waals surface area contributed by atoms with Crippen LogP contribution >= 0.6 is 0 Å². The summed E-state index contributed by atoms with van der Waals surface area (Å²) in [6.45, 7) is 4.19. The maximum Gasteiger partial charge on any atom is 0.237 e. The quantitative estimate of drug-likeness (QED) is 0.828. The van der Waals surface area contributed by atoms with E-state index >= 15 is 0 Å². The smallest absolute Gasteiger partial charge is 0.237 e. The van der Waals surface area contributed by atoms with E-state index in [0.29, 0.717) is 19.6 Å². The van der Waals surface area contributed by atoms with Gasteiger partial charge in [-0.15, -0.1) is 0 Å². The highest BCUT2D eigenvalue weighted by Crippen LogP contribution is 2.17. The first kappa shape index (κ1) is 18.4. The molecule has 0 radical (unpaired) electrons. The van der Waals surface area contributed by atoms with Gasteiger partial charge in [0, 0.05) is 26.2 Å². The Kier molecular flexibility index (Phi) is 6.26. The number of benzene rings is 2. The van der Waals surface area contributed by atoms with Gasteiger partial charge in [0.2, 0.25) is 5.91 Å². The molecule has 5 heteroatoms. The number of nitrogens with zero attached hydrogens (tertiary/aromatic N) is 2. The molecule has 0 aliphatic carbocycles. The van der Waals surface area contributed by atoms with Crippen LogP contribution in [0.25, 0.3) is 0 Å². The van der Waals surface area contributed by atoms with Gasteiger partial charge < -0.3 is 15.4 Å². The first-order chi connectivity index (χ1) is 12.7. The average molecular weight is 353 g/mol. The maximum absolute atomic E-state index is 12.6. The Balaban J connectivity index is 1.56. The molecule has 2 aromatic rings. The summed E-state index contributed by atoms with van der Waals surface area (Å²) in [7, 11) is 1.66. The predicted molar refractivity (Wildman–Crippen MR) is 103 cm³/mol. The summed E-state index contributed by atoms with van der Waals surface area (Å²) in [6.07, 6.45) is 0.890. The van der Waals surface area contributed by atoms with E-state index in [9.17, 15) is 4.79 Å². The number of amides is 1. The van der Waals surface area contributed by atoms with Gasteiger partial charge in [0.1, 0.15) is 5.75 Å². The second-order valence-electron chi connectivity index (χ2n) is 6.74. The van der Waals surface area contributed by atoms with E-state index in [1.807, 2.05) is 29.2 Å². The summed E-state index contributed by atoms with van der Waals surface area (Å²) < 4.78 is 5.26. The van der Waals surface area contributed by atoms with Crippen molar-refractivity contribution in [3.05, 3.63) is 65.2 Å². The van der Waals surface area contributed by atoms with E-state index in [1.165, 1.54) is 11.1 Å². The third-order valence-corrected chi connectivity index (χ3v) is 4.74. The minimum absolute atomic E-state index is 0.178. The van der Waals surface area contributed by atoms with Crippen molar-refractivity contribution in [3.8, 4) is 5.75 Å². The third-order valence-electron chi connectivity index (χ3n) is 4.74. The highest BCUT2D eigenvalue weighted by atomic mass is 16.5. The van der Waals surface area contributed by atoms with Crippen molar-refractivity contribution in [2.75, 3.05) is 33.3 Å². The summed E-state index contributed by atoms with van der Waals surface area (Å²) in [5.41, 5.74) is 9.24. The number of piperazine rings is 1. The van der Waals surface area contributed by atoms with Gasteiger partial charge in [-0.05, 0) is 41.8 Å². The summed E-state index contributed by atoms with van der Waals surface area (Å²) in [5, 5.41) is 0. The molecule has 138 valence electrons. The Hall–Kier alpha value is -2.37. The van der Waals surface area contributed by atoms with Crippen LogP contribution in [0.15, 0.2) is 48.5 Å². The zero-order valence-electron chi connectivity index (χ0n) is 15.4. The van der Waals surface area contributed by atoms with Crippen LogP contribution in [0, 0.1) is 0 Å². The molecule has 2 N–H and O–H groups in total. The molecule has 0 bridgehead atoms. The van der Waals surface area contributed by atoms with Crippen molar-refractivity contribution < 1.29 is 9.53 Å². The lowest BCUT2D eigenvalue weighted by atomic mass is 10.1. The Bertz CT molecular complexity index is 748. The van der Waals surface area contributed by atoms with Crippen LogP contribution in [0.3, 0.4) is 0 Å². The molecule has 0 spiro atoms. The van der Waals surface area contributed by atoms with E-state index in [-0.39, 0.29) is 5.91 Å². The van der Waals surface area contributed by atoms with E-state index in [0.717, 1.165) is 37.4 Å². The number of methoxy groups -OCH3 is 1. The van der Waals surface area contributed by atoms with Crippen molar-refractivity contribution in [3.63, 3.8) is 0 Å². The first-order valence-corrected chi connectivity index (χ1v) is 9.09. The number of carbonyl (C=O) groups excluding carboxylic acids is 1. The minimum Gasteiger partial charge on any atom is -0.497 e. The molecule has 0 aromatic heterocycles. The topological polar surface area (TPSA) is 58.8 Å². The van der Waals surface area contributed by atoms with Gasteiger partial charge >= 0.3 is 0 Å². The molecule has 1 aliphatic heterocycles. The number of hydrogen-bond donors (Lipinski definition) is 1. The van der Waals surface area contributed by atoms with Gasteiger partial charge in [0.05, 0.1) is 13.7 Å². The summed E-state index contributed by atoms with van der Waals surface area (Å²) in [6, 6.07) is 16.4. The molecule has 26 heavy (non-hydrogen) atoms. The lowest BCUT2D eigenvalue weighted by molar-refractivity contribution is -0.136. The number of carbonyl (C=O) groups is 1. The Morgan fingerprint density at radius 3 is 2.46 bits per heavy atom. The molecule has 2 aromatic carbocycles. The van der Waals surface area contributed by atoms with Crippen LogP contribution in [-0.2, 0) is 24.3 Å². The molecule has 5 nitrogen and oxygen atoms in total. The first-order valence-electron chi connectivity index (χ1n) is 9.09. The van der Waals surface area contributed by atoms with Crippen LogP contribution in [0.4, 0.5) is 0 Å². The van der Waals surface area contributed by atoms with Gasteiger partial charge in [0.15, 0.2) is 0 Å². The lowest BCUT2D eigenvalue weighted by Gasteiger charge is -2.34. The fourth-order valence-electron chi connectivity index (χ4n) is 3.36. The van der Waals surface area contributed by atoms with Crippen molar-refractivity contribution in [2.45, 2.75) is 19.5 Å². The Morgan fingerprint density at radius 2 is 1.73 bits per heavy atom. The molecule has 1 heterocycles.